The first-order valence-electron chi connectivity index (χ1n) is 8.41. The summed E-state index contributed by atoms with van der Waals surface area (Å²) >= 11 is 1.45. The fourth-order valence-corrected chi connectivity index (χ4v) is 3.51. The zero-order chi connectivity index (χ0) is 18.6. The lowest BCUT2D eigenvalue weighted by atomic mass is 10.2. The molecule has 0 atom stereocenters. The number of aromatic nitrogens is 3. The molecule has 0 bridgehead atoms. The van der Waals surface area contributed by atoms with Crippen LogP contribution < -0.4 is 10.1 Å². The zero-order valence-corrected chi connectivity index (χ0v) is 15.3. The number of fused-ring (bicyclic) bond motifs is 1. The van der Waals surface area contributed by atoms with Crippen LogP contribution in [0.25, 0.3) is 21.5 Å². The van der Waals surface area contributed by atoms with Crippen molar-refractivity contribution < 1.29 is 14.1 Å². The molecule has 8 heteroatoms. The zero-order valence-electron chi connectivity index (χ0n) is 14.5. The number of hydrogen-bond acceptors (Lipinski definition) is 7. The maximum atomic E-state index is 12.3. The normalized spacial score (nSPS) is 10.9. The Morgan fingerprint density at radius 3 is 2.93 bits per heavy atom. The van der Waals surface area contributed by atoms with Gasteiger partial charge in [0.2, 0.25) is 17.6 Å². The molecule has 0 radical (unpaired) electrons. The van der Waals surface area contributed by atoms with Gasteiger partial charge in [-0.2, -0.15) is 4.98 Å². The van der Waals surface area contributed by atoms with Gasteiger partial charge in [0.05, 0.1) is 18.0 Å². The maximum Gasteiger partial charge on any atom is 0.261 e. The number of rotatable bonds is 6. The summed E-state index contributed by atoms with van der Waals surface area (Å²) in [4.78, 5) is 21.5. The number of pyridine rings is 1. The molecule has 4 rings (SSSR count). The molecule has 0 fully saturated rings. The lowest BCUT2D eigenvalue weighted by molar-refractivity contribution is 0.0950. The summed E-state index contributed by atoms with van der Waals surface area (Å²) in [5.74, 6) is 1.12. The van der Waals surface area contributed by atoms with E-state index >= 15 is 0 Å². The van der Waals surface area contributed by atoms with E-state index in [1.165, 1.54) is 11.3 Å². The molecule has 0 spiro atoms. The molecule has 0 aliphatic carbocycles. The molecule has 1 amide bonds. The molecule has 4 aromatic rings. The third-order valence-electron chi connectivity index (χ3n) is 3.80. The van der Waals surface area contributed by atoms with E-state index in [4.69, 9.17) is 9.26 Å². The highest BCUT2D eigenvalue weighted by atomic mass is 32.1. The predicted molar refractivity (Wildman–Crippen MR) is 102 cm³/mol. The molecule has 1 aromatic carbocycles. The van der Waals surface area contributed by atoms with E-state index in [1.807, 2.05) is 43.3 Å². The van der Waals surface area contributed by atoms with Gasteiger partial charge in [-0.1, -0.05) is 23.4 Å². The van der Waals surface area contributed by atoms with Crippen LogP contribution in [0.3, 0.4) is 0 Å². The molecule has 0 aliphatic rings. The fraction of sp³-hybridized carbons (Fsp3) is 0.158. The highest BCUT2D eigenvalue weighted by Crippen LogP contribution is 2.25. The second-order valence-electron chi connectivity index (χ2n) is 5.66. The van der Waals surface area contributed by atoms with E-state index in [2.05, 4.69) is 20.4 Å². The Morgan fingerprint density at radius 2 is 2.15 bits per heavy atom. The summed E-state index contributed by atoms with van der Waals surface area (Å²) in [5.41, 5.74) is 0.712. The van der Waals surface area contributed by atoms with Crippen LogP contribution in [0.2, 0.25) is 0 Å². The van der Waals surface area contributed by atoms with Gasteiger partial charge in [-0.15, -0.1) is 11.3 Å². The molecule has 0 saturated heterocycles. The van der Waals surface area contributed by atoms with Crippen molar-refractivity contribution in [2.45, 2.75) is 13.5 Å². The van der Waals surface area contributed by atoms with Crippen molar-refractivity contribution in [1.29, 1.82) is 0 Å². The van der Waals surface area contributed by atoms with Gasteiger partial charge >= 0.3 is 0 Å². The monoisotopic (exact) mass is 380 g/mol. The van der Waals surface area contributed by atoms with Crippen LogP contribution in [0.15, 0.2) is 53.2 Å². The first kappa shape index (κ1) is 17.2. The Kier molecular flexibility index (Phi) is 4.80. The molecular formula is C19H16N4O3S. The van der Waals surface area contributed by atoms with Gasteiger partial charge in [0.1, 0.15) is 0 Å². The topological polar surface area (TPSA) is 90.1 Å². The van der Waals surface area contributed by atoms with Crippen molar-refractivity contribution in [2.24, 2.45) is 0 Å². The van der Waals surface area contributed by atoms with Crippen molar-refractivity contribution in [1.82, 2.24) is 20.4 Å². The summed E-state index contributed by atoms with van der Waals surface area (Å²) in [6, 6.07) is 13.3. The van der Waals surface area contributed by atoms with Crippen LogP contribution in [0, 0.1) is 0 Å². The van der Waals surface area contributed by atoms with E-state index in [1.54, 1.807) is 12.3 Å². The van der Waals surface area contributed by atoms with Crippen molar-refractivity contribution >= 4 is 27.3 Å². The fourth-order valence-electron chi connectivity index (χ4n) is 2.53. The maximum absolute atomic E-state index is 12.3. The number of thiophene rings is 1. The summed E-state index contributed by atoms with van der Waals surface area (Å²) in [7, 11) is 0. The van der Waals surface area contributed by atoms with Crippen molar-refractivity contribution in [3.63, 3.8) is 0 Å². The average molecular weight is 380 g/mol. The van der Waals surface area contributed by atoms with Crippen LogP contribution in [-0.2, 0) is 6.54 Å². The third kappa shape index (κ3) is 3.80. The van der Waals surface area contributed by atoms with E-state index in [0.717, 1.165) is 10.1 Å². The molecule has 27 heavy (non-hydrogen) atoms. The number of nitrogens with zero attached hydrogens (tertiary/aromatic N) is 3. The van der Waals surface area contributed by atoms with E-state index in [9.17, 15) is 4.79 Å². The second-order valence-corrected chi connectivity index (χ2v) is 6.74. The van der Waals surface area contributed by atoms with Crippen molar-refractivity contribution in [3.05, 3.63) is 59.4 Å². The molecule has 3 heterocycles. The lowest BCUT2D eigenvalue weighted by Gasteiger charge is -2.01. The summed E-state index contributed by atoms with van der Waals surface area (Å²) in [6.07, 6.45) is 1.62. The first-order chi connectivity index (χ1) is 13.2. The third-order valence-corrected chi connectivity index (χ3v) is 4.92. The van der Waals surface area contributed by atoms with Gasteiger partial charge in [-0.3, -0.25) is 4.79 Å². The number of hydrogen-bond donors (Lipinski definition) is 1. The first-order valence-corrected chi connectivity index (χ1v) is 9.23. The number of nitrogens with one attached hydrogen (secondary N) is 1. The summed E-state index contributed by atoms with van der Waals surface area (Å²) < 4.78 is 11.6. The Morgan fingerprint density at radius 1 is 1.26 bits per heavy atom. The van der Waals surface area contributed by atoms with Gasteiger partial charge in [-0.05, 0) is 30.5 Å². The standard InChI is InChI=1S/C19H16N4O3S/c1-2-25-16-8-7-13(10-20-16)18-22-17(26-23-18)11-21-19(24)15-9-12-5-3-4-6-14(12)27-15/h3-10H,2,11H2,1H3,(H,21,24). The molecular weight excluding hydrogens is 364 g/mol. The second kappa shape index (κ2) is 7.55. The molecule has 0 saturated carbocycles. The average Bonchev–Trinajstić information content (AvgIpc) is 3.34. The van der Waals surface area contributed by atoms with Gasteiger partial charge in [0, 0.05) is 22.5 Å². The van der Waals surface area contributed by atoms with E-state index < -0.39 is 0 Å². The summed E-state index contributed by atoms with van der Waals surface area (Å²) in [5, 5.41) is 7.79. The smallest absolute Gasteiger partial charge is 0.261 e. The molecule has 0 unspecified atom stereocenters. The number of amides is 1. The number of carbonyl (C=O) groups excluding carboxylic acids is 1. The van der Waals surface area contributed by atoms with E-state index in [-0.39, 0.29) is 12.5 Å². The minimum absolute atomic E-state index is 0.157. The Hall–Kier alpha value is -3.26. The number of ether oxygens (including phenoxy) is 1. The lowest BCUT2D eigenvalue weighted by Crippen LogP contribution is -2.21. The number of carbonyl (C=O) groups is 1. The van der Waals surface area contributed by atoms with Gasteiger partial charge in [0.25, 0.3) is 5.91 Å². The van der Waals surface area contributed by atoms with Gasteiger partial charge < -0.3 is 14.6 Å². The van der Waals surface area contributed by atoms with Gasteiger partial charge in [0.15, 0.2) is 0 Å². The Labute approximate surface area is 159 Å². The predicted octanol–water partition coefficient (Wildman–Crippen LogP) is 3.68. The minimum atomic E-state index is -0.168. The highest BCUT2D eigenvalue weighted by molar-refractivity contribution is 7.20. The number of benzene rings is 1. The van der Waals surface area contributed by atoms with Crippen LogP contribution in [0.4, 0.5) is 0 Å². The molecule has 1 N–H and O–H groups in total. The largest absolute Gasteiger partial charge is 0.478 e. The van der Waals surface area contributed by atoms with Crippen LogP contribution in [0.1, 0.15) is 22.5 Å². The van der Waals surface area contributed by atoms with E-state index in [0.29, 0.717) is 34.6 Å². The van der Waals surface area contributed by atoms with Gasteiger partial charge in [-0.25, -0.2) is 4.98 Å². The van der Waals surface area contributed by atoms with Crippen LogP contribution in [-0.4, -0.2) is 27.6 Å². The van der Waals surface area contributed by atoms with Crippen molar-refractivity contribution in [2.75, 3.05) is 6.61 Å². The Bertz CT molecular complexity index is 1040. The van der Waals surface area contributed by atoms with Crippen molar-refractivity contribution in [3.8, 4) is 17.3 Å². The molecule has 0 aliphatic heterocycles. The van der Waals surface area contributed by atoms with Crippen LogP contribution >= 0.6 is 11.3 Å². The quantitative estimate of drug-likeness (QED) is 0.549. The SMILES string of the molecule is CCOc1ccc(-c2noc(CNC(=O)c3cc4ccccc4s3)n2)cn1. The highest BCUT2D eigenvalue weighted by Gasteiger charge is 2.13. The minimum Gasteiger partial charge on any atom is -0.478 e. The molecule has 136 valence electrons. The molecule has 3 aromatic heterocycles. The summed E-state index contributed by atoms with van der Waals surface area (Å²) in [6.45, 7) is 2.61. The Balaban J connectivity index is 1.41. The van der Waals surface area contributed by atoms with Crippen LogP contribution in [0.5, 0.6) is 5.88 Å². The molecule has 7 nitrogen and oxygen atoms in total.